The number of nitrogens with zero attached hydrogens (tertiary/aromatic N) is 1. The molecule has 1 N–H and O–H groups in total. The summed E-state index contributed by atoms with van der Waals surface area (Å²) in [7, 11) is 0. The Morgan fingerprint density at radius 1 is 1.09 bits per heavy atom. The molecular weight excluding hydrogens is 420 g/mol. The van der Waals surface area contributed by atoms with Gasteiger partial charge in [-0.15, -0.1) is 11.3 Å². The van der Waals surface area contributed by atoms with Crippen LogP contribution < -0.4 is 14.8 Å². The lowest BCUT2D eigenvalue weighted by molar-refractivity contribution is 0.0889. The molecule has 1 atom stereocenters. The van der Waals surface area contributed by atoms with Crippen molar-refractivity contribution in [1.29, 1.82) is 0 Å². The van der Waals surface area contributed by atoms with Crippen LogP contribution in [-0.4, -0.2) is 23.0 Å². The van der Waals surface area contributed by atoms with E-state index < -0.39 is 0 Å². The molecule has 6 heteroatoms. The van der Waals surface area contributed by atoms with Crippen LogP contribution in [0.1, 0.15) is 64.8 Å². The van der Waals surface area contributed by atoms with Crippen LogP contribution >= 0.6 is 11.3 Å². The minimum Gasteiger partial charge on any atom is -0.490 e. The largest absolute Gasteiger partial charge is 0.490 e. The number of carbonyl (C=O) groups is 1. The van der Waals surface area contributed by atoms with E-state index in [-0.39, 0.29) is 24.2 Å². The minimum absolute atomic E-state index is 0.0674. The van der Waals surface area contributed by atoms with Gasteiger partial charge in [0.1, 0.15) is 23.3 Å². The molecule has 1 aliphatic carbocycles. The average Bonchev–Trinajstić information content (AvgIpc) is 3.27. The zero-order valence-electron chi connectivity index (χ0n) is 18.3. The first kappa shape index (κ1) is 21.0. The van der Waals surface area contributed by atoms with Gasteiger partial charge in [-0.1, -0.05) is 30.3 Å². The van der Waals surface area contributed by atoms with Gasteiger partial charge in [0.25, 0.3) is 5.91 Å². The Labute approximate surface area is 192 Å². The van der Waals surface area contributed by atoms with Crippen LogP contribution in [0, 0.1) is 6.92 Å². The van der Waals surface area contributed by atoms with Gasteiger partial charge in [-0.3, -0.25) is 4.79 Å². The molecule has 5 rings (SSSR count). The van der Waals surface area contributed by atoms with Crippen LogP contribution in [0.2, 0.25) is 0 Å². The van der Waals surface area contributed by atoms with Gasteiger partial charge in [-0.25, -0.2) is 4.98 Å². The quantitative estimate of drug-likeness (QED) is 0.549. The number of benzene rings is 2. The molecule has 1 unspecified atom stereocenters. The van der Waals surface area contributed by atoms with Crippen molar-refractivity contribution < 1.29 is 14.3 Å². The Kier molecular flexibility index (Phi) is 6.12. The Morgan fingerprint density at radius 3 is 2.66 bits per heavy atom. The number of hydrogen-bond donors (Lipinski definition) is 1. The third kappa shape index (κ3) is 4.80. The van der Waals surface area contributed by atoms with Crippen molar-refractivity contribution in [2.75, 3.05) is 0 Å². The van der Waals surface area contributed by atoms with Crippen LogP contribution in [0.25, 0.3) is 0 Å². The first-order chi connectivity index (χ1) is 15.6. The van der Waals surface area contributed by atoms with E-state index in [2.05, 4.69) is 40.6 Å². The maximum atomic E-state index is 12.3. The molecular formula is C26H28N2O3S. The third-order valence-electron chi connectivity index (χ3n) is 6.31. The van der Waals surface area contributed by atoms with Gasteiger partial charge in [-0.2, -0.15) is 0 Å². The van der Waals surface area contributed by atoms with Gasteiger partial charge in [0.2, 0.25) is 0 Å². The number of aromatic nitrogens is 1. The highest BCUT2D eigenvalue weighted by Crippen LogP contribution is 2.37. The normalized spacial score (nSPS) is 22.5. The van der Waals surface area contributed by atoms with Crippen molar-refractivity contribution in [2.24, 2.45) is 0 Å². The summed E-state index contributed by atoms with van der Waals surface area (Å²) in [6.07, 6.45) is 5.98. The van der Waals surface area contributed by atoms with E-state index in [4.69, 9.17) is 9.47 Å². The molecule has 1 aromatic heterocycles. The summed E-state index contributed by atoms with van der Waals surface area (Å²) in [5.41, 5.74) is 2.97. The molecule has 0 saturated heterocycles. The fourth-order valence-corrected chi connectivity index (χ4v) is 5.18. The second kappa shape index (κ2) is 9.33. The van der Waals surface area contributed by atoms with Crippen molar-refractivity contribution in [3.8, 4) is 11.5 Å². The maximum absolute atomic E-state index is 12.3. The third-order valence-corrected chi connectivity index (χ3v) is 7.09. The molecule has 1 amide bonds. The lowest BCUT2D eigenvalue weighted by Crippen LogP contribution is -2.39. The van der Waals surface area contributed by atoms with Crippen molar-refractivity contribution >= 4 is 17.2 Å². The van der Waals surface area contributed by atoms with E-state index >= 15 is 0 Å². The van der Waals surface area contributed by atoms with Crippen molar-refractivity contribution in [1.82, 2.24) is 10.3 Å². The zero-order valence-corrected chi connectivity index (χ0v) is 19.1. The molecule has 5 nitrogen and oxygen atoms in total. The lowest BCUT2D eigenvalue weighted by atomic mass is 9.92. The topological polar surface area (TPSA) is 60.5 Å². The lowest BCUT2D eigenvalue weighted by Gasteiger charge is -2.30. The number of fused-ring (bicyclic) bond motifs is 1. The highest BCUT2D eigenvalue weighted by Gasteiger charge is 2.26. The molecule has 2 aromatic carbocycles. The van der Waals surface area contributed by atoms with Gasteiger partial charge in [0.15, 0.2) is 0 Å². The molecule has 0 bridgehead atoms. The molecule has 2 heterocycles. The van der Waals surface area contributed by atoms with Crippen LogP contribution in [-0.2, 0) is 6.42 Å². The number of hydrogen-bond acceptors (Lipinski definition) is 5. The Bertz CT molecular complexity index is 1070. The van der Waals surface area contributed by atoms with Gasteiger partial charge in [0, 0.05) is 11.4 Å². The molecule has 1 aliphatic heterocycles. The summed E-state index contributed by atoms with van der Waals surface area (Å²) in [5, 5.41) is 5.86. The predicted molar refractivity (Wildman–Crippen MR) is 126 cm³/mol. The van der Waals surface area contributed by atoms with E-state index in [9.17, 15) is 4.79 Å². The van der Waals surface area contributed by atoms with Gasteiger partial charge in [0.05, 0.1) is 11.1 Å². The highest BCUT2D eigenvalue weighted by atomic mass is 32.1. The van der Waals surface area contributed by atoms with Crippen LogP contribution in [0.15, 0.2) is 53.9 Å². The molecule has 2 aliphatic rings. The Morgan fingerprint density at radius 2 is 1.91 bits per heavy atom. The molecule has 166 valence electrons. The van der Waals surface area contributed by atoms with E-state index in [1.165, 1.54) is 22.5 Å². The van der Waals surface area contributed by atoms with Crippen LogP contribution in [0.3, 0.4) is 0 Å². The smallest absolute Gasteiger partial charge is 0.270 e. The molecule has 1 fully saturated rings. The monoisotopic (exact) mass is 448 g/mol. The van der Waals surface area contributed by atoms with Crippen molar-refractivity contribution in [2.45, 2.75) is 63.7 Å². The summed E-state index contributed by atoms with van der Waals surface area (Å²) in [6.45, 7) is 1.92. The summed E-state index contributed by atoms with van der Waals surface area (Å²) in [4.78, 5) is 16.6. The molecule has 1 saturated carbocycles. The predicted octanol–water partition coefficient (Wildman–Crippen LogP) is 5.64. The number of nitrogens with one attached hydrogen (secondary N) is 1. The number of aryl methyl sites for hydroxylation is 2. The number of carbonyl (C=O) groups excluding carboxylic acids is 1. The first-order valence-electron chi connectivity index (χ1n) is 11.4. The summed E-state index contributed by atoms with van der Waals surface area (Å²) in [6, 6.07) is 16.8. The van der Waals surface area contributed by atoms with E-state index in [0.717, 1.165) is 55.0 Å². The van der Waals surface area contributed by atoms with Gasteiger partial charge in [-0.05, 0) is 74.8 Å². The number of ether oxygens (including phenoxy) is 2. The summed E-state index contributed by atoms with van der Waals surface area (Å²) >= 11 is 1.50. The van der Waals surface area contributed by atoms with Gasteiger partial charge < -0.3 is 14.8 Å². The van der Waals surface area contributed by atoms with E-state index in [0.29, 0.717) is 5.69 Å². The fourth-order valence-electron chi connectivity index (χ4n) is 4.59. The SMILES string of the molecule is Cc1nc(C(=O)N[C@H]2CC[C@H](Oc3ccc4c(c3)CCC(c3ccccc3)O4)CC2)cs1. The Hall–Kier alpha value is -2.86. The highest BCUT2D eigenvalue weighted by molar-refractivity contribution is 7.09. The fraction of sp³-hybridized carbons (Fsp3) is 0.385. The summed E-state index contributed by atoms with van der Waals surface area (Å²) in [5.74, 6) is 1.80. The second-order valence-corrected chi connectivity index (χ2v) is 9.70. The maximum Gasteiger partial charge on any atom is 0.270 e. The molecule has 0 radical (unpaired) electrons. The van der Waals surface area contributed by atoms with Crippen LogP contribution in [0.5, 0.6) is 11.5 Å². The average molecular weight is 449 g/mol. The molecule has 32 heavy (non-hydrogen) atoms. The minimum atomic E-state index is -0.0674. The Balaban J connectivity index is 1.13. The number of amides is 1. The van der Waals surface area contributed by atoms with Crippen LogP contribution in [0.4, 0.5) is 0 Å². The number of thiazole rings is 1. The van der Waals surface area contributed by atoms with Gasteiger partial charge >= 0.3 is 0 Å². The van der Waals surface area contributed by atoms with E-state index in [1.54, 1.807) is 0 Å². The first-order valence-corrected chi connectivity index (χ1v) is 12.3. The molecule has 3 aromatic rings. The number of rotatable bonds is 5. The van der Waals surface area contributed by atoms with Crippen molar-refractivity contribution in [3.05, 3.63) is 75.7 Å². The second-order valence-electron chi connectivity index (χ2n) is 8.64. The summed E-state index contributed by atoms with van der Waals surface area (Å²) < 4.78 is 12.5. The van der Waals surface area contributed by atoms with Crippen molar-refractivity contribution in [3.63, 3.8) is 0 Å². The molecule has 0 spiro atoms. The van der Waals surface area contributed by atoms with E-state index in [1.807, 2.05) is 30.5 Å². The standard InChI is InChI=1S/C26H28N2O3S/c1-17-27-23(16-32-17)26(29)28-20-8-10-21(11-9-20)30-22-12-14-25-19(15-22)7-13-24(31-25)18-5-3-2-4-6-18/h2-6,12,14-16,20-21,24H,7-11,13H2,1H3,(H,28,29)/t20-,21-,24?. The zero-order chi connectivity index (χ0) is 21.9.